The Morgan fingerprint density at radius 2 is 2.43 bits per heavy atom. The van der Waals surface area contributed by atoms with Gasteiger partial charge in [0.15, 0.2) is 17.6 Å². The van der Waals surface area contributed by atoms with Gasteiger partial charge in [-0.05, 0) is 12.1 Å². The molecular formula is C10H9NO3. The molecule has 1 aliphatic heterocycles. The molecule has 0 saturated carbocycles. The lowest BCUT2D eigenvalue weighted by Gasteiger charge is -2.25. The van der Waals surface area contributed by atoms with E-state index in [4.69, 9.17) is 19.8 Å². The highest BCUT2D eigenvalue weighted by molar-refractivity contribution is 5.53. The summed E-state index contributed by atoms with van der Waals surface area (Å²) in [5.41, 5.74) is 0.431. The number of aliphatic hydroxyl groups is 1. The van der Waals surface area contributed by atoms with Crippen LogP contribution in [-0.4, -0.2) is 24.4 Å². The maximum atomic E-state index is 8.89. The predicted molar refractivity (Wildman–Crippen MR) is 48.2 cm³/mol. The zero-order valence-corrected chi connectivity index (χ0v) is 7.43. The van der Waals surface area contributed by atoms with Crippen molar-refractivity contribution >= 4 is 0 Å². The molecule has 1 atom stereocenters. The maximum Gasteiger partial charge on any atom is 0.179 e. The first kappa shape index (κ1) is 8.85. The molecule has 0 radical (unpaired) electrons. The van der Waals surface area contributed by atoms with E-state index in [1.165, 1.54) is 0 Å². The summed E-state index contributed by atoms with van der Waals surface area (Å²) >= 11 is 0. The summed E-state index contributed by atoms with van der Waals surface area (Å²) in [7, 11) is 0. The minimum absolute atomic E-state index is 0.112. The Morgan fingerprint density at radius 3 is 3.14 bits per heavy atom. The van der Waals surface area contributed by atoms with E-state index >= 15 is 0 Å². The Morgan fingerprint density at radius 1 is 1.57 bits per heavy atom. The second kappa shape index (κ2) is 3.56. The molecule has 0 spiro atoms. The molecular weight excluding hydrogens is 182 g/mol. The number of fused-ring (bicyclic) bond motifs is 1. The van der Waals surface area contributed by atoms with Gasteiger partial charge in [0.05, 0.1) is 12.2 Å². The average molecular weight is 191 g/mol. The Labute approximate surface area is 81.3 Å². The van der Waals surface area contributed by atoms with Gasteiger partial charge in [-0.2, -0.15) is 5.26 Å². The number of nitriles is 1. The standard InChI is InChI=1S/C10H9NO3/c11-4-7-2-1-3-9-10(7)14-8(5-12)6-13-9/h1-3,8,12H,5-6H2/t8-/m0/s1. The molecule has 1 aromatic carbocycles. The lowest BCUT2D eigenvalue weighted by atomic mass is 10.2. The molecule has 72 valence electrons. The van der Waals surface area contributed by atoms with Crippen LogP contribution >= 0.6 is 0 Å². The van der Waals surface area contributed by atoms with Crippen LogP contribution in [0.15, 0.2) is 18.2 Å². The van der Waals surface area contributed by atoms with Crippen molar-refractivity contribution in [3.8, 4) is 17.6 Å². The van der Waals surface area contributed by atoms with Crippen LogP contribution in [0.4, 0.5) is 0 Å². The van der Waals surface area contributed by atoms with Crippen molar-refractivity contribution in [3.63, 3.8) is 0 Å². The van der Waals surface area contributed by atoms with Gasteiger partial charge in [-0.15, -0.1) is 0 Å². The second-order valence-electron chi connectivity index (χ2n) is 2.98. The molecule has 1 aliphatic rings. The largest absolute Gasteiger partial charge is 0.486 e. The number of nitrogens with zero attached hydrogens (tertiary/aromatic N) is 1. The van der Waals surface area contributed by atoms with Crippen LogP contribution in [0.2, 0.25) is 0 Å². The van der Waals surface area contributed by atoms with E-state index in [9.17, 15) is 0 Å². The molecule has 0 fully saturated rings. The summed E-state index contributed by atoms with van der Waals surface area (Å²) in [6, 6.07) is 7.14. The summed E-state index contributed by atoms with van der Waals surface area (Å²) in [5, 5.41) is 17.7. The Bertz CT molecular complexity index is 383. The van der Waals surface area contributed by atoms with Crippen molar-refractivity contribution in [2.75, 3.05) is 13.2 Å². The van der Waals surface area contributed by atoms with E-state index in [1.807, 2.05) is 6.07 Å². The van der Waals surface area contributed by atoms with Crippen LogP contribution in [0, 0.1) is 11.3 Å². The number of aliphatic hydroxyl groups excluding tert-OH is 1. The molecule has 0 aliphatic carbocycles. The van der Waals surface area contributed by atoms with Crippen molar-refractivity contribution in [3.05, 3.63) is 23.8 Å². The van der Waals surface area contributed by atoms with Gasteiger partial charge >= 0.3 is 0 Å². The summed E-state index contributed by atoms with van der Waals surface area (Å²) in [6.45, 7) is 0.206. The Kier molecular flexibility index (Phi) is 2.25. The first-order valence-corrected chi connectivity index (χ1v) is 4.28. The van der Waals surface area contributed by atoms with Crippen molar-refractivity contribution < 1.29 is 14.6 Å². The van der Waals surface area contributed by atoms with Crippen LogP contribution in [0.5, 0.6) is 11.5 Å². The highest BCUT2D eigenvalue weighted by Crippen LogP contribution is 2.34. The third-order valence-electron chi connectivity index (χ3n) is 2.01. The minimum atomic E-state index is -0.378. The van der Waals surface area contributed by atoms with Gasteiger partial charge in [0.25, 0.3) is 0 Å². The fourth-order valence-corrected chi connectivity index (χ4v) is 1.31. The van der Waals surface area contributed by atoms with Crippen molar-refractivity contribution in [1.29, 1.82) is 5.26 Å². The zero-order valence-electron chi connectivity index (χ0n) is 7.43. The lowest BCUT2D eigenvalue weighted by Crippen LogP contribution is -2.32. The van der Waals surface area contributed by atoms with Crippen molar-refractivity contribution in [1.82, 2.24) is 0 Å². The Hall–Kier alpha value is -1.73. The highest BCUT2D eigenvalue weighted by atomic mass is 16.6. The molecule has 0 saturated heterocycles. The van der Waals surface area contributed by atoms with Crippen molar-refractivity contribution in [2.45, 2.75) is 6.10 Å². The average Bonchev–Trinajstić information content (AvgIpc) is 2.27. The zero-order chi connectivity index (χ0) is 9.97. The van der Waals surface area contributed by atoms with E-state index in [2.05, 4.69) is 0 Å². The van der Waals surface area contributed by atoms with Gasteiger partial charge in [-0.3, -0.25) is 0 Å². The first-order valence-electron chi connectivity index (χ1n) is 4.28. The quantitative estimate of drug-likeness (QED) is 0.709. The number of benzene rings is 1. The molecule has 0 amide bonds. The molecule has 1 heterocycles. The lowest BCUT2D eigenvalue weighted by molar-refractivity contribution is 0.0454. The minimum Gasteiger partial charge on any atom is -0.486 e. The molecule has 2 rings (SSSR count). The van der Waals surface area contributed by atoms with Gasteiger partial charge in [-0.1, -0.05) is 6.07 Å². The second-order valence-corrected chi connectivity index (χ2v) is 2.98. The van der Waals surface area contributed by atoms with E-state index in [-0.39, 0.29) is 12.7 Å². The summed E-state index contributed by atoms with van der Waals surface area (Å²) in [4.78, 5) is 0. The van der Waals surface area contributed by atoms with Crippen LogP contribution in [0.3, 0.4) is 0 Å². The maximum absolute atomic E-state index is 8.89. The van der Waals surface area contributed by atoms with Crippen LogP contribution in [0.1, 0.15) is 5.56 Å². The summed E-state index contributed by atoms with van der Waals surface area (Å²) < 4.78 is 10.7. The van der Waals surface area contributed by atoms with E-state index in [0.717, 1.165) is 0 Å². The van der Waals surface area contributed by atoms with Gasteiger partial charge in [0.2, 0.25) is 0 Å². The number of hydrogen-bond donors (Lipinski definition) is 1. The van der Waals surface area contributed by atoms with E-state index in [1.54, 1.807) is 18.2 Å². The molecule has 1 aromatic rings. The highest BCUT2D eigenvalue weighted by Gasteiger charge is 2.22. The fraction of sp³-hybridized carbons (Fsp3) is 0.300. The summed E-state index contributed by atoms with van der Waals surface area (Å²) in [5.74, 6) is 0.994. The van der Waals surface area contributed by atoms with Crippen LogP contribution in [-0.2, 0) is 0 Å². The van der Waals surface area contributed by atoms with Gasteiger partial charge < -0.3 is 14.6 Å². The molecule has 4 nitrogen and oxygen atoms in total. The molecule has 0 bridgehead atoms. The SMILES string of the molecule is N#Cc1cccc2c1O[C@@H](CO)CO2. The van der Waals surface area contributed by atoms with Crippen molar-refractivity contribution in [2.24, 2.45) is 0 Å². The monoisotopic (exact) mass is 191 g/mol. The smallest absolute Gasteiger partial charge is 0.179 e. The topological polar surface area (TPSA) is 62.5 Å². The number of para-hydroxylation sites is 1. The van der Waals surface area contributed by atoms with Crippen LogP contribution < -0.4 is 9.47 Å². The van der Waals surface area contributed by atoms with E-state index in [0.29, 0.717) is 23.7 Å². The first-order chi connectivity index (χ1) is 6.85. The number of ether oxygens (including phenoxy) is 2. The third kappa shape index (κ3) is 1.38. The van der Waals surface area contributed by atoms with Gasteiger partial charge in [0.1, 0.15) is 12.7 Å². The molecule has 0 aromatic heterocycles. The number of hydrogen-bond acceptors (Lipinski definition) is 4. The third-order valence-corrected chi connectivity index (χ3v) is 2.01. The number of rotatable bonds is 1. The molecule has 14 heavy (non-hydrogen) atoms. The van der Waals surface area contributed by atoms with Gasteiger partial charge in [-0.25, -0.2) is 0 Å². The van der Waals surface area contributed by atoms with E-state index < -0.39 is 0 Å². The molecule has 4 heteroatoms. The fourth-order valence-electron chi connectivity index (χ4n) is 1.31. The predicted octanol–water partition coefficient (Wildman–Crippen LogP) is 0.690. The normalized spacial score (nSPS) is 18.7. The Balaban J connectivity index is 2.39. The molecule has 1 N–H and O–H groups in total. The molecule has 0 unspecified atom stereocenters. The van der Waals surface area contributed by atoms with Gasteiger partial charge in [0, 0.05) is 0 Å². The van der Waals surface area contributed by atoms with Crippen LogP contribution in [0.25, 0.3) is 0 Å². The summed E-state index contributed by atoms with van der Waals surface area (Å²) in [6.07, 6.45) is -0.378.